The normalized spacial score (nSPS) is 30.0. The van der Waals surface area contributed by atoms with Gasteiger partial charge in [0.2, 0.25) is 0 Å². The molecule has 0 heterocycles. The predicted octanol–water partition coefficient (Wildman–Crippen LogP) is 0.265. The Morgan fingerprint density at radius 3 is 2.64 bits per heavy atom. The number of unbranched alkanes of at least 4 members (excludes halogenated alkanes) is 1. The van der Waals surface area contributed by atoms with Gasteiger partial charge in [0.25, 0.3) is 0 Å². The van der Waals surface area contributed by atoms with Crippen molar-refractivity contribution < 1.29 is 9.84 Å². The molecule has 3 nitrogen and oxygen atoms in total. The second-order valence-electron chi connectivity index (χ2n) is 3.15. The van der Waals surface area contributed by atoms with Gasteiger partial charge in [0.1, 0.15) is 0 Å². The highest BCUT2D eigenvalue weighted by Gasteiger charge is 2.25. The monoisotopic (exact) mass is 159 g/mol. The summed E-state index contributed by atoms with van der Waals surface area (Å²) in [7, 11) is 0. The number of rotatable bonds is 5. The minimum Gasteiger partial charge on any atom is -0.396 e. The van der Waals surface area contributed by atoms with E-state index in [9.17, 15) is 0 Å². The average Bonchev–Trinajstić information content (AvgIpc) is 1.94. The molecule has 0 radical (unpaired) electrons. The van der Waals surface area contributed by atoms with E-state index in [2.05, 4.69) is 0 Å². The molecule has 0 spiro atoms. The number of ether oxygens (including phenoxy) is 1. The Morgan fingerprint density at radius 1 is 1.36 bits per heavy atom. The molecule has 11 heavy (non-hydrogen) atoms. The number of hydrogen-bond acceptors (Lipinski definition) is 3. The van der Waals surface area contributed by atoms with Crippen molar-refractivity contribution in [2.45, 2.75) is 37.8 Å². The summed E-state index contributed by atoms with van der Waals surface area (Å²) in [5.74, 6) is 0. The summed E-state index contributed by atoms with van der Waals surface area (Å²) in [5.41, 5.74) is 5.58. The van der Waals surface area contributed by atoms with E-state index in [1.54, 1.807) is 0 Å². The van der Waals surface area contributed by atoms with E-state index >= 15 is 0 Å². The maximum atomic E-state index is 8.47. The third kappa shape index (κ3) is 3.18. The van der Waals surface area contributed by atoms with Crippen LogP contribution in [0.2, 0.25) is 0 Å². The van der Waals surface area contributed by atoms with Crippen molar-refractivity contribution in [1.82, 2.24) is 0 Å². The zero-order valence-corrected chi connectivity index (χ0v) is 6.83. The van der Waals surface area contributed by atoms with Crippen LogP contribution < -0.4 is 5.73 Å². The Morgan fingerprint density at radius 2 is 2.09 bits per heavy atom. The largest absolute Gasteiger partial charge is 0.396 e. The van der Waals surface area contributed by atoms with Crippen molar-refractivity contribution in [3.05, 3.63) is 0 Å². The van der Waals surface area contributed by atoms with Gasteiger partial charge in [-0.05, 0) is 25.7 Å². The highest BCUT2D eigenvalue weighted by Crippen LogP contribution is 2.21. The summed E-state index contributed by atoms with van der Waals surface area (Å²) in [6.45, 7) is 1.05. The van der Waals surface area contributed by atoms with Crippen molar-refractivity contribution >= 4 is 0 Å². The first-order valence-corrected chi connectivity index (χ1v) is 4.31. The van der Waals surface area contributed by atoms with Crippen LogP contribution in [0.1, 0.15) is 25.7 Å². The molecule has 0 aromatic rings. The third-order valence-corrected chi connectivity index (χ3v) is 2.04. The summed E-state index contributed by atoms with van der Waals surface area (Å²) < 4.78 is 5.46. The molecule has 0 aromatic heterocycles. The van der Waals surface area contributed by atoms with Gasteiger partial charge >= 0.3 is 0 Å². The van der Waals surface area contributed by atoms with E-state index in [0.29, 0.717) is 12.1 Å². The van der Waals surface area contributed by atoms with Crippen molar-refractivity contribution in [2.24, 2.45) is 5.73 Å². The van der Waals surface area contributed by atoms with E-state index in [1.165, 1.54) is 0 Å². The lowest BCUT2D eigenvalue weighted by Crippen LogP contribution is -2.41. The molecule has 3 heteroatoms. The maximum Gasteiger partial charge on any atom is 0.0604 e. The molecule has 1 rings (SSSR count). The first-order chi connectivity index (χ1) is 5.33. The molecule has 1 fully saturated rings. The molecule has 0 amide bonds. The van der Waals surface area contributed by atoms with Gasteiger partial charge in [-0.25, -0.2) is 0 Å². The third-order valence-electron chi connectivity index (χ3n) is 2.04. The highest BCUT2D eigenvalue weighted by atomic mass is 16.5. The van der Waals surface area contributed by atoms with E-state index in [1.807, 2.05) is 0 Å². The summed E-state index contributed by atoms with van der Waals surface area (Å²) in [4.78, 5) is 0. The van der Waals surface area contributed by atoms with Crippen LogP contribution in [-0.4, -0.2) is 30.5 Å². The van der Waals surface area contributed by atoms with Gasteiger partial charge < -0.3 is 15.6 Å². The lowest BCUT2D eigenvalue weighted by molar-refractivity contribution is -0.0107. The molecular formula is C8H17NO2. The molecular weight excluding hydrogens is 142 g/mol. The molecule has 0 aromatic carbocycles. The molecule has 1 saturated carbocycles. The first-order valence-electron chi connectivity index (χ1n) is 4.31. The minimum atomic E-state index is 0.271. The highest BCUT2D eigenvalue weighted by molar-refractivity contribution is 4.82. The second kappa shape index (κ2) is 4.70. The van der Waals surface area contributed by atoms with Crippen LogP contribution >= 0.6 is 0 Å². The van der Waals surface area contributed by atoms with E-state index < -0.39 is 0 Å². The van der Waals surface area contributed by atoms with E-state index in [0.717, 1.165) is 32.3 Å². The SMILES string of the molecule is NC1CC(OCCCCO)C1. The van der Waals surface area contributed by atoms with E-state index in [4.69, 9.17) is 15.6 Å². The van der Waals surface area contributed by atoms with E-state index in [-0.39, 0.29) is 6.61 Å². The van der Waals surface area contributed by atoms with Gasteiger partial charge in [-0.15, -0.1) is 0 Å². The average molecular weight is 159 g/mol. The Kier molecular flexibility index (Phi) is 3.83. The Balaban J connectivity index is 1.81. The van der Waals surface area contributed by atoms with Crippen LogP contribution in [0.25, 0.3) is 0 Å². The van der Waals surface area contributed by atoms with Crippen molar-refractivity contribution in [3.63, 3.8) is 0 Å². The van der Waals surface area contributed by atoms with Crippen LogP contribution in [0.15, 0.2) is 0 Å². The van der Waals surface area contributed by atoms with Crippen LogP contribution in [-0.2, 0) is 4.74 Å². The van der Waals surface area contributed by atoms with Gasteiger partial charge in [-0.3, -0.25) is 0 Å². The smallest absolute Gasteiger partial charge is 0.0604 e. The number of hydrogen-bond donors (Lipinski definition) is 2. The Hall–Kier alpha value is -0.120. The van der Waals surface area contributed by atoms with Gasteiger partial charge in [-0.2, -0.15) is 0 Å². The summed E-state index contributed by atoms with van der Waals surface area (Å²) in [6.07, 6.45) is 4.24. The summed E-state index contributed by atoms with van der Waals surface area (Å²) in [5, 5.41) is 8.47. The topological polar surface area (TPSA) is 55.5 Å². The fourth-order valence-corrected chi connectivity index (χ4v) is 1.21. The fraction of sp³-hybridized carbons (Fsp3) is 1.00. The molecule has 0 unspecified atom stereocenters. The van der Waals surface area contributed by atoms with Gasteiger partial charge in [0.05, 0.1) is 6.10 Å². The van der Waals surface area contributed by atoms with Crippen molar-refractivity contribution in [3.8, 4) is 0 Å². The Labute approximate surface area is 67.5 Å². The predicted molar refractivity (Wildman–Crippen MR) is 43.3 cm³/mol. The molecule has 0 aliphatic heterocycles. The lowest BCUT2D eigenvalue weighted by Gasteiger charge is -2.32. The number of nitrogens with two attached hydrogens (primary N) is 1. The molecule has 1 aliphatic rings. The first kappa shape index (κ1) is 8.97. The molecule has 3 N–H and O–H groups in total. The van der Waals surface area contributed by atoms with Gasteiger partial charge in [-0.1, -0.05) is 0 Å². The molecule has 0 saturated heterocycles. The Bertz CT molecular complexity index is 102. The van der Waals surface area contributed by atoms with Crippen LogP contribution in [0.4, 0.5) is 0 Å². The molecule has 1 aliphatic carbocycles. The summed E-state index contributed by atoms with van der Waals surface area (Å²) >= 11 is 0. The fourth-order valence-electron chi connectivity index (χ4n) is 1.21. The van der Waals surface area contributed by atoms with Crippen molar-refractivity contribution in [2.75, 3.05) is 13.2 Å². The van der Waals surface area contributed by atoms with Gasteiger partial charge in [0.15, 0.2) is 0 Å². The van der Waals surface area contributed by atoms with Crippen LogP contribution in [0.3, 0.4) is 0 Å². The van der Waals surface area contributed by atoms with Crippen molar-refractivity contribution in [1.29, 1.82) is 0 Å². The summed E-state index contributed by atoms with van der Waals surface area (Å²) in [6, 6.07) is 0.373. The number of aliphatic hydroxyl groups is 1. The number of aliphatic hydroxyl groups excluding tert-OH is 1. The minimum absolute atomic E-state index is 0.271. The lowest BCUT2D eigenvalue weighted by atomic mass is 9.90. The standard InChI is InChI=1S/C8H17NO2/c9-7-5-8(6-7)11-4-2-1-3-10/h7-8,10H,1-6,9H2. The van der Waals surface area contributed by atoms with Gasteiger partial charge in [0, 0.05) is 19.3 Å². The molecule has 0 atom stereocenters. The van der Waals surface area contributed by atoms with Crippen LogP contribution in [0.5, 0.6) is 0 Å². The quantitative estimate of drug-likeness (QED) is 0.566. The molecule has 66 valence electrons. The maximum absolute atomic E-state index is 8.47. The van der Waals surface area contributed by atoms with Crippen LogP contribution in [0, 0.1) is 0 Å². The molecule has 0 bridgehead atoms. The zero-order chi connectivity index (χ0) is 8.10. The zero-order valence-electron chi connectivity index (χ0n) is 6.83. The second-order valence-corrected chi connectivity index (χ2v) is 3.15.